The van der Waals surface area contributed by atoms with Crippen LogP contribution >= 0.6 is 0 Å². The fraction of sp³-hybridized carbons (Fsp3) is 0.348. The van der Waals surface area contributed by atoms with Crippen molar-refractivity contribution >= 4 is 10.8 Å². The van der Waals surface area contributed by atoms with Gasteiger partial charge in [0.1, 0.15) is 11.5 Å². The second-order valence-corrected chi connectivity index (χ2v) is 5.77. The van der Waals surface area contributed by atoms with Crippen molar-refractivity contribution in [1.29, 1.82) is 0 Å². The van der Waals surface area contributed by atoms with Gasteiger partial charge < -0.3 is 9.47 Å². The SMILES string of the molecule is CC.CCCOc1cc(OCCC)cc(-c2nccc3ccccc23)c1. The molecule has 0 saturated carbocycles. The summed E-state index contributed by atoms with van der Waals surface area (Å²) in [4.78, 5) is 4.61. The van der Waals surface area contributed by atoms with E-state index in [1.54, 1.807) is 0 Å². The Morgan fingerprint density at radius 3 is 2.04 bits per heavy atom. The summed E-state index contributed by atoms with van der Waals surface area (Å²) in [5, 5.41) is 2.31. The van der Waals surface area contributed by atoms with Crippen LogP contribution in [0.25, 0.3) is 22.0 Å². The van der Waals surface area contributed by atoms with Crippen LogP contribution in [0.5, 0.6) is 11.5 Å². The highest BCUT2D eigenvalue weighted by atomic mass is 16.5. The van der Waals surface area contributed by atoms with Gasteiger partial charge in [-0.2, -0.15) is 0 Å². The van der Waals surface area contributed by atoms with Crippen LogP contribution in [0.1, 0.15) is 40.5 Å². The molecule has 0 unspecified atom stereocenters. The zero-order chi connectivity index (χ0) is 18.8. The fourth-order valence-electron chi connectivity index (χ4n) is 2.66. The zero-order valence-electron chi connectivity index (χ0n) is 16.3. The molecule has 0 spiro atoms. The number of fused-ring (bicyclic) bond motifs is 1. The minimum absolute atomic E-state index is 0.694. The van der Waals surface area contributed by atoms with E-state index in [-0.39, 0.29) is 0 Å². The van der Waals surface area contributed by atoms with Gasteiger partial charge in [0, 0.05) is 23.2 Å². The Labute approximate surface area is 157 Å². The van der Waals surface area contributed by atoms with Gasteiger partial charge in [-0.1, -0.05) is 52.0 Å². The first-order valence-corrected chi connectivity index (χ1v) is 9.56. The van der Waals surface area contributed by atoms with E-state index in [9.17, 15) is 0 Å². The highest BCUT2D eigenvalue weighted by molar-refractivity contribution is 5.94. The van der Waals surface area contributed by atoms with E-state index in [4.69, 9.17) is 9.47 Å². The molecule has 1 heterocycles. The monoisotopic (exact) mass is 351 g/mol. The number of nitrogens with zero attached hydrogens (tertiary/aromatic N) is 1. The van der Waals surface area contributed by atoms with Crippen molar-refractivity contribution in [3.05, 3.63) is 54.7 Å². The number of hydrogen-bond donors (Lipinski definition) is 0. The zero-order valence-corrected chi connectivity index (χ0v) is 16.3. The van der Waals surface area contributed by atoms with E-state index in [0.717, 1.165) is 41.0 Å². The van der Waals surface area contributed by atoms with Crippen molar-refractivity contribution in [3.8, 4) is 22.8 Å². The predicted molar refractivity (Wildman–Crippen MR) is 110 cm³/mol. The number of ether oxygens (including phenoxy) is 2. The molecular weight excluding hydrogens is 322 g/mol. The lowest BCUT2D eigenvalue weighted by atomic mass is 10.0. The number of benzene rings is 2. The first-order valence-electron chi connectivity index (χ1n) is 9.56. The number of aromatic nitrogens is 1. The molecule has 0 bridgehead atoms. The molecule has 3 rings (SSSR count). The van der Waals surface area contributed by atoms with E-state index < -0.39 is 0 Å². The summed E-state index contributed by atoms with van der Waals surface area (Å²) >= 11 is 0. The van der Waals surface area contributed by atoms with Crippen LogP contribution in [-0.2, 0) is 0 Å². The van der Waals surface area contributed by atoms with Crippen LogP contribution < -0.4 is 9.47 Å². The van der Waals surface area contributed by atoms with Crippen LogP contribution in [0.3, 0.4) is 0 Å². The highest BCUT2D eigenvalue weighted by Gasteiger charge is 2.09. The van der Waals surface area contributed by atoms with Crippen LogP contribution in [0.2, 0.25) is 0 Å². The molecule has 2 aromatic carbocycles. The van der Waals surface area contributed by atoms with Gasteiger partial charge in [0.05, 0.1) is 18.9 Å². The molecule has 3 aromatic rings. The molecule has 26 heavy (non-hydrogen) atoms. The van der Waals surface area contributed by atoms with Gasteiger partial charge in [-0.05, 0) is 36.4 Å². The second kappa shape index (κ2) is 10.4. The Balaban J connectivity index is 0.00000117. The maximum absolute atomic E-state index is 5.84. The van der Waals surface area contributed by atoms with Crippen molar-refractivity contribution in [3.63, 3.8) is 0 Å². The van der Waals surface area contributed by atoms with E-state index in [2.05, 4.69) is 31.0 Å². The fourth-order valence-corrected chi connectivity index (χ4v) is 2.66. The summed E-state index contributed by atoms with van der Waals surface area (Å²) < 4.78 is 11.7. The second-order valence-electron chi connectivity index (χ2n) is 5.77. The summed E-state index contributed by atoms with van der Waals surface area (Å²) in [5.74, 6) is 1.66. The van der Waals surface area contributed by atoms with E-state index >= 15 is 0 Å². The molecule has 0 aliphatic heterocycles. The van der Waals surface area contributed by atoms with Crippen LogP contribution in [-0.4, -0.2) is 18.2 Å². The third kappa shape index (κ3) is 4.98. The van der Waals surface area contributed by atoms with Gasteiger partial charge in [0.25, 0.3) is 0 Å². The minimum Gasteiger partial charge on any atom is -0.493 e. The van der Waals surface area contributed by atoms with Crippen molar-refractivity contribution < 1.29 is 9.47 Å². The Kier molecular flexibility index (Phi) is 7.94. The third-order valence-corrected chi connectivity index (χ3v) is 3.77. The summed E-state index contributed by atoms with van der Waals surface area (Å²) in [7, 11) is 0. The van der Waals surface area contributed by atoms with E-state index in [1.807, 2.05) is 56.4 Å². The molecule has 3 nitrogen and oxygen atoms in total. The van der Waals surface area contributed by atoms with Crippen molar-refractivity contribution in [2.75, 3.05) is 13.2 Å². The molecule has 0 atom stereocenters. The Morgan fingerprint density at radius 1 is 0.808 bits per heavy atom. The molecule has 0 fully saturated rings. The Bertz CT molecular complexity index is 783. The summed E-state index contributed by atoms with van der Waals surface area (Å²) in [6, 6.07) is 16.4. The Hall–Kier alpha value is -2.55. The van der Waals surface area contributed by atoms with E-state index in [1.165, 1.54) is 5.39 Å². The molecule has 0 radical (unpaired) electrons. The molecule has 3 heteroatoms. The number of rotatable bonds is 7. The molecule has 138 valence electrons. The van der Waals surface area contributed by atoms with Gasteiger partial charge >= 0.3 is 0 Å². The molecule has 1 aromatic heterocycles. The first-order chi connectivity index (χ1) is 12.8. The minimum atomic E-state index is 0.694. The quantitative estimate of drug-likeness (QED) is 0.486. The highest BCUT2D eigenvalue weighted by Crippen LogP contribution is 2.33. The normalized spacial score (nSPS) is 10.2. The van der Waals surface area contributed by atoms with Gasteiger partial charge in [-0.3, -0.25) is 4.98 Å². The number of hydrogen-bond acceptors (Lipinski definition) is 3. The van der Waals surface area contributed by atoms with E-state index in [0.29, 0.717) is 13.2 Å². The van der Waals surface area contributed by atoms with Crippen molar-refractivity contribution in [1.82, 2.24) is 4.98 Å². The van der Waals surface area contributed by atoms with Gasteiger partial charge in [0.2, 0.25) is 0 Å². The maximum Gasteiger partial charge on any atom is 0.123 e. The molecule has 0 N–H and O–H groups in total. The van der Waals surface area contributed by atoms with Crippen molar-refractivity contribution in [2.45, 2.75) is 40.5 Å². The molecule has 0 aliphatic rings. The van der Waals surface area contributed by atoms with Crippen molar-refractivity contribution in [2.24, 2.45) is 0 Å². The molecule has 0 aliphatic carbocycles. The predicted octanol–water partition coefficient (Wildman–Crippen LogP) is 6.51. The molecule has 0 amide bonds. The lowest BCUT2D eigenvalue weighted by Gasteiger charge is -2.13. The third-order valence-electron chi connectivity index (χ3n) is 3.77. The number of pyridine rings is 1. The summed E-state index contributed by atoms with van der Waals surface area (Å²) in [6.07, 6.45) is 3.80. The standard InChI is InChI=1S/C21H23NO2.C2H6/c1-3-11-23-18-13-17(14-19(15-18)24-12-4-2)21-20-8-6-5-7-16(20)9-10-22-21;1-2/h5-10,13-15H,3-4,11-12H2,1-2H3;1-2H3. The van der Waals surface area contributed by atoms with Gasteiger partial charge in [0.15, 0.2) is 0 Å². The maximum atomic E-state index is 5.84. The largest absolute Gasteiger partial charge is 0.493 e. The van der Waals surface area contributed by atoms with Crippen LogP contribution in [0.4, 0.5) is 0 Å². The lowest BCUT2D eigenvalue weighted by Crippen LogP contribution is -1.99. The average Bonchev–Trinajstić information content (AvgIpc) is 2.71. The van der Waals surface area contributed by atoms with Gasteiger partial charge in [-0.15, -0.1) is 0 Å². The Morgan fingerprint density at radius 2 is 1.42 bits per heavy atom. The van der Waals surface area contributed by atoms with Crippen LogP contribution in [0, 0.1) is 0 Å². The first kappa shape index (κ1) is 19.8. The summed E-state index contributed by atoms with van der Waals surface area (Å²) in [6.45, 7) is 9.59. The summed E-state index contributed by atoms with van der Waals surface area (Å²) in [5.41, 5.74) is 1.97. The smallest absolute Gasteiger partial charge is 0.123 e. The molecular formula is C23H29NO2. The topological polar surface area (TPSA) is 31.4 Å². The van der Waals surface area contributed by atoms with Crippen LogP contribution in [0.15, 0.2) is 54.7 Å². The van der Waals surface area contributed by atoms with Gasteiger partial charge in [-0.25, -0.2) is 0 Å². The average molecular weight is 351 g/mol. The lowest BCUT2D eigenvalue weighted by molar-refractivity contribution is 0.302. The molecule has 0 saturated heterocycles.